The summed E-state index contributed by atoms with van der Waals surface area (Å²) >= 11 is 0. The van der Waals surface area contributed by atoms with E-state index in [0.29, 0.717) is 0 Å². The smallest absolute Gasteiger partial charge is 0.426 e. The fraction of sp³-hybridized carbons (Fsp3) is 0.0667. The topological polar surface area (TPSA) is 99.7 Å². The van der Waals surface area contributed by atoms with Crippen LogP contribution in [-0.4, -0.2) is 16.7 Å². The minimum Gasteiger partial charge on any atom is -0.426 e. The molecule has 0 saturated carbocycles. The van der Waals surface area contributed by atoms with Crippen molar-refractivity contribution in [3.63, 3.8) is 0 Å². The van der Waals surface area contributed by atoms with Gasteiger partial charge in [-0.3, -0.25) is 19.7 Å². The summed E-state index contributed by atoms with van der Waals surface area (Å²) in [5, 5.41) is 10.5. The molecule has 2 aromatic rings. The molecule has 1 aromatic carbocycles. The van der Waals surface area contributed by atoms with Crippen LogP contribution in [0.5, 0.6) is 5.75 Å². The van der Waals surface area contributed by atoms with Crippen molar-refractivity contribution in [1.82, 2.24) is 0 Å². The molecule has 1 heterocycles. The molecule has 0 spiro atoms. The third-order valence-electron chi connectivity index (χ3n) is 2.60. The number of esters is 1. The maximum Gasteiger partial charge on any atom is 0.433 e. The van der Waals surface area contributed by atoms with Gasteiger partial charge in [0.15, 0.2) is 5.78 Å². The summed E-state index contributed by atoms with van der Waals surface area (Å²) in [7, 11) is 0. The average Bonchev–Trinajstić information content (AvgIpc) is 2.94. The number of ketones is 1. The Morgan fingerprint density at radius 1 is 1.23 bits per heavy atom. The lowest BCUT2D eigenvalue weighted by Crippen LogP contribution is -2.06. The lowest BCUT2D eigenvalue weighted by atomic mass is 10.1. The van der Waals surface area contributed by atoms with E-state index in [9.17, 15) is 19.7 Å². The van der Waals surface area contributed by atoms with Gasteiger partial charge in [0.1, 0.15) is 16.4 Å². The number of hydrogen-bond donors (Lipinski definition) is 0. The molecule has 22 heavy (non-hydrogen) atoms. The first-order valence-electron chi connectivity index (χ1n) is 6.21. The highest BCUT2D eigenvalue weighted by atomic mass is 16.6. The second-order valence-corrected chi connectivity index (χ2v) is 4.22. The van der Waals surface area contributed by atoms with Crippen LogP contribution < -0.4 is 4.74 Å². The number of nitro groups is 1. The summed E-state index contributed by atoms with van der Waals surface area (Å²) in [6.45, 7) is 1.24. The van der Waals surface area contributed by atoms with Crippen LogP contribution in [0.3, 0.4) is 0 Å². The zero-order chi connectivity index (χ0) is 16.1. The summed E-state index contributed by atoms with van der Waals surface area (Å²) in [5.74, 6) is -1.05. The van der Waals surface area contributed by atoms with Crippen LogP contribution in [0, 0.1) is 10.1 Å². The van der Waals surface area contributed by atoms with Gasteiger partial charge < -0.3 is 9.15 Å². The largest absolute Gasteiger partial charge is 0.433 e. The molecule has 0 bridgehead atoms. The lowest BCUT2D eigenvalue weighted by molar-refractivity contribution is -0.402. The Kier molecular flexibility index (Phi) is 4.47. The number of carbonyl (C=O) groups excluding carboxylic acids is 2. The SMILES string of the molecule is CC(=O)Oc1ccccc1C(=O)/C=C/c1ccc([N+](=O)[O-])o1. The summed E-state index contributed by atoms with van der Waals surface area (Å²) in [5.41, 5.74) is 0.204. The average molecular weight is 301 g/mol. The minimum absolute atomic E-state index is 0.148. The molecule has 7 nitrogen and oxygen atoms in total. The van der Waals surface area contributed by atoms with Gasteiger partial charge in [-0.2, -0.15) is 0 Å². The van der Waals surface area contributed by atoms with Crippen LogP contribution in [0.2, 0.25) is 0 Å². The summed E-state index contributed by atoms with van der Waals surface area (Å²) in [4.78, 5) is 32.9. The highest BCUT2D eigenvalue weighted by Crippen LogP contribution is 2.21. The maximum absolute atomic E-state index is 12.1. The molecule has 0 saturated heterocycles. The number of furan rings is 1. The molecule has 7 heteroatoms. The van der Waals surface area contributed by atoms with Crippen molar-refractivity contribution in [3.05, 3.63) is 63.9 Å². The number of carbonyl (C=O) groups is 2. The predicted molar refractivity (Wildman–Crippen MR) is 76.5 cm³/mol. The van der Waals surface area contributed by atoms with Crippen molar-refractivity contribution >= 4 is 23.7 Å². The van der Waals surface area contributed by atoms with E-state index in [1.165, 1.54) is 43.3 Å². The Morgan fingerprint density at radius 2 is 1.95 bits per heavy atom. The maximum atomic E-state index is 12.1. The first-order valence-corrected chi connectivity index (χ1v) is 6.21. The van der Waals surface area contributed by atoms with Crippen molar-refractivity contribution in [3.8, 4) is 5.75 Å². The highest BCUT2D eigenvalue weighted by Gasteiger charge is 2.13. The monoisotopic (exact) mass is 301 g/mol. The van der Waals surface area contributed by atoms with Gasteiger partial charge in [-0.25, -0.2) is 0 Å². The van der Waals surface area contributed by atoms with Crippen molar-refractivity contribution in [1.29, 1.82) is 0 Å². The first kappa shape index (κ1) is 15.2. The second-order valence-electron chi connectivity index (χ2n) is 4.22. The minimum atomic E-state index is -0.671. The number of rotatable bonds is 5. The number of allylic oxidation sites excluding steroid dienone is 1. The van der Waals surface area contributed by atoms with Crippen LogP contribution in [-0.2, 0) is 4.79 Å². The van der Waals surface area contributed by atoms with Crippen LogP contribution in [0.25, 0.3) is 6.08 Å². The number of nitrogens with zero attached hydrogens (tertiary/aromatic N) is 1. The molecule has 112 valence electrons. The Morgan fingerprint density at radius 3 is 2.59 bits per heavy atom. The van der Waals surface area contributed by atoms with E-state index >= 15 is 0 Å². The molecule has 0 aliphatic rings. The Balaban J connectivity index is 2.19. The van der Waals surface area contributed by atoms with Crippen molar-refractivity contribution < 1.29 is 23.7 Å². The number of hydrogen-bond acceptors (Lipinski definition) is 6. The second kappa shape index (κ2) is 6.49. The van der Waals surface area contributed by atoms with Gasteiger partial charge in [-0.05, 0) is 30.4 Å². The Labute approximate surface area is 125 Å². The predicted octanol–water partition coefficient (Wildman–Crippen LogP) is 3.01. The standard InChI is InChI=1S/C15H11NO6/c1-10(17)21-14-5-3-2-4-12(14)13(18)8-6-11-7-9-15(22-11)16(19)20/h2-9H,1H3/b8-6+. The van der Waals surface area contributed by atoms with Gasteiger partial charge in [0.05, 0.1) is 11.6 Å². The van der Waals surface area contributed by atoms with Crippen molar-refractivity contribution in [2.75, 3.05) is 0 Å². The molecule has 0 aliphatic carbocycles. The van der Waals surface area contributed by atoms with Crippen molar-refractivity contribution in [2.45, 2.75) is 6.92 Å². The Hall–Kier alpha value is -3.22. The molecule has 0 radical (unpaired) electrons. The van der Waals surface area contributed by atoms with E-state index in [2.05, 4.69) is 0 Å². The molecule has 2 rings (SSSR count). The Bertz CT molecular complexity index is 759. The third kappa shape index (κ3) is 3.66. The summed E-state index contributed by atoms with van der Waals surface area (Å²) in [6, 6.07) is 8.84. The summed E-state index contributed by atoms with van der Waals surface area (Å²) in [6.07, 6.45) is 2.49. The molecule has 0 N–H and O–H groups in total. The van der Waals surface area contributed by atoms with E-state index in [-0.39, 0.29) is 17.1 Å². The van der Waals surface area contributed by atoms with E-state index in [0.717, 1.165) is 0 Å². The highest BCUT2D eigenvalue weighted by molar-refractivity contribution is 6.08. The van der Waals surface area contributed by atoms with E-state index in [1.54, 1.807) is 12.1 Å². The molecule has 1 aromatic heterocycles. The zero-order valence-corrected chi connectivity index (χ0v) is 11.5. The van der Waals surface area contributed by atoms with Crippen LogP contribution in [0.4, 0.5) is 5.88 Å². The first-order chi connectivity index (χ1) is 10.5. The molecule has 0 aliphatic heterocycles. The van der Waals surface area contributed by atoms with Gasteiger partial charge in [-0.1, -0.05) is 12.1 Å². The van der Waals surface area contributed by atoms with Gasteiger partial charge in [0, 0.05) is 6.92 Å². The van der Waals surface area contributed by atoms with Gasteiger partial charge >= 0.3 is 11.9 Å². The fourth-order valence-electron chi connectivity index (χ4n) is 1.69. The fourth-order valence-corrected chi connectivity index (χ4v) is 1.69. The third-order valence-corrected chi connectivity index (χ3v) is 2.60. The van der Waals surface area contributed by atoms with Gasteiger partial charge in [0.25, 0.3) is 0 Å². The van der Waals surface area contributed by atoms with E-state index < -0.39 is 22.6 Å². The molecular weight excluding hydrogens is 290 g/mol. The molecule has 0 amide bonds. The van der Waals surface area contributed by atoms with Gasteiger partial charge in [-0.15, -0.1) is 0 Å². The zero-order valence-electron chi connectivity index (χ0n) is 11.5. The quantitative estimate of drug-likeness (QED) is 0.210. The molecule has 0 fully saturated rings. The normalized spacial score (nSPS) is 10.6. The number of para-hydroxylation sites is 1. The number of ether oxygens (including phenoxy) is 1. The van der Waals surface area contributed by atoms with Crippen LogP contribution >= 0.6 is 0 Å². The molecule has 0 atom stereocenters. The van der Waals surface area contributed by atoms with E-state index in [1.807, 2.05) is 0 Å². The number of benzene rings is 1. The lowest BCUT2D eigenvalue weighted by Gasteiger charge is -2.05. The molecule has 0 unspecified atom stereocenters. The molecular formula is C15H11NO6. The summed E-state index contributed by atoms with van der Waals surface area (Å²) < 4.78 is 9.85. The van der Waals surface area contributed by atoms with Gasteiger partial charge in [0.2, 0.25) is 0 Å². The van der Waals surface area contributed by atoms with E-state index in [4.69, 9.17) is 9.15 Å². The van der Waals surface area contributed by atoms with Crippen LogP contribution in [0.15, 0.2) is 46.9 Å². The van der Waals surface area contributed by atoms with Crippen molar-refractivity contribution in [2.24, 2.45) is 0 Å². The van der Waals surface area contributed by atoms with Crippen LogP contribution in [0.1, 0.15) is 23.0 Å².